The summed E-state index contributed by atoms with van der Waals surface area (Å²) < 4.78 is 101. The van der Waals surface area contributed by atoms with Gasteiger partial charge in [-0.05, 0) is 206 Å². The van der Waals surface area contributed by atoms with E-state index in [1.807, 2.05) is 142 Å². The first-order valence-electron chi connectivity index (χ1n) is 43.1. The molecule has 0 saturated carbocycles. The lowest BCUT2D eigenvalue weighted by atomic mass is 10.2. The molecule has 29 heteroatoms. The largest absolute Gasteiger partial charge is 0.489 e. The summed E-state index contributed by atoms with van der Waals surface area (Å²) >= 11 is 1.50. The highest BCUT2D eigenvalue weighted by Crippen LogP contribution is 2.25. The van der Waals surface area contributed by atoms with Crippen molar-refractivity contribution in [2.75, 3.05) is 0 Å². The Morgan fingerprint density at radius 1 is 0.368 bits per heavy atom. The fourth-order valence-corrected chi connectivity index (χ4v) is 14.3. The number of nitrogens with one attached hydrogen (secondary N) is 5. The maximum atomic E-state index is 13.6. The molecular formula is C107H92F5N13O10S. The van der Waals surface area contributed by atoms with Gasteiger partial charge in [0.05, 0.1) is 28.4 Å². The molecular weight excluding hydrogens is 1750 g/mol. The van der Waals surface area contributed by atoms with Gasteiger partial charge in [-0.1, -0.05) is 170 Å². The molecule has 18 aromatic rings. The predicted octanol–water partition coefficient (Wildman–Crippen LogP) is 20.4. The van der Waals surface area contributed by atoms with Crippen molar-refractivity contribution in [3.63, 3.8) is 0 Å². The molecule has 8 heterocycles. The zero-order valence-corrected chi connectivity index (χ0v) is 74.8. The number of thiophene rings is 1. The number of rotatable bonds is 30. The zero-order chi connectivity index (χ0) is 94.9. The van der Waals surface area contributed by atoms with E-state index in [4.69, 9.17) is 23.7 Å². The van der Waals surface area contributed by atoms with E-state index in [1.165, 1.54) is 41.7 Å². The summed E-state index contributed by atoms with van der Waals surface area (Å²) in [6.07, 6.45) is 8.35. The van der Waals surface area contributed by atoms with Crippen LogP contribution in [-0.4, -0.2) is 68.1 Å². The highest BCUT2D eigenvalue weighted by molar-refractivity contribution is 7.14. The molecule has 18 rings (SSSR count). The van der Waals surface area contributed by atoms with Crippen molar-refractivity contribution >= 4 is 57.7 Å². The number of imidazole rings is 1. The third-order valence-electron chi connectivity index (χ3n) is 21.0. The van der Waals surface area contributed by atoms with Gasteiger partial charge in [-0.3, -0.25) is 32.8 Å². The van der Waals surface area contributed by atoms with Gasteiger partial charge in [0.1, 0.15) is 120 Å². The molecule has 0 spiro atoms. The van der Waals surface area contributed by atoms with Gasteiger partial charge in [0, 0.05) is 83.5 Å². The van der Waals surface area contributed by atoms with Gasteiger partial charge in [-0.2, -0.15) is 5.10 Å². The molecule has 0 bridgehead atoms. The van der Waals surface area contributed by atoms with Gasteiger partial charge in [0.15, 0.2) is 5.65 Å². The van der Waals surface area contributed by atoms with E-state index in [0.717, 1.165) is 60.0 Å². The minimum Gasteiger partial charge on any atom is -0.489 e. The molecule has 136 heavy (non-hydrogen) atoms. The lowest BCUT2D eigenvalue weighted by Crippen LogP contribution is -2.25. The van der Waals surface area contributed by atoms with Gasteiger partial charge >= 0.3 is 0 Å². The number of fused-ring (bicyclic) bond motifs is 3. The molecule has 0 aliphatic heterocycles. The second-order valence-corrected chi connectivity index (χ2v) is 31.9. The van der Waals surface area contributed by atoms with Crippen molar-refractivity contribution in [3.8, 4) is 28.7 Å². The number of aromatic nitrogens is 8. The zero-order valence-electron chi connectivity index (χ0n) is 74.0. The average Bonchev–Trinajstić information content (AvgIpc) is 1.64. The van der Waals surface area contributed by atoms with E-state index < -0.39 is 0 Å². The number of hydrogen-bond acceptors (Lipinski definition) is 16. The summed E-state index contributed by atoms with van der Waals surface area (Å²) in [5, 5.41) is 26.4. The Hall–Kier alpha value is -17.0. The van der Waals surface area contributed by atoms with Crippen LogP contribution in [0, 0.1) is 49.9 Å². The molecule has 5 N–H and O–H groups in total. The summed E-state index contributed by atoms with van der Waals surface area (Å²) in [7, 11) is 0. The number of hydrogen-bond donors (Lipinski definition) is 5. The van der Waals surface area contributed by atoms with Crippen molar-refractivity contribution in [3.05, 3.63) is 481 Å². The molecule has 23 nitrogen and oxygen atoms in total. The number of carbonyl (C=O) groups is 5. The minimum atomic E-state index is -0.287. The molecule has 0 fully saturated rings. The van der Waals surface area contributed by atoms with Crippen LogP contribution >= 0.6 is 11.3 Å². The van der Waals surface area contributed by atoms with Gasteiger partial charge in [-0.25, -0.2) is 36.4 Å². The van der Waals surface area contributed by atoms with E-state index in [1.54, 1.807) is 214 Å². The molecule has 0 radical (unpaired) electrons. The Labute approximate surface area is 784 Å². The van der Waals surface area contributed by atoms with E-state index >= 15 is 0 Å². The minimum absolute atomic E-state index is 0.0638. The smallest absolute Gasteiger partial charge is 0.270 e. The summed E-state index contributed by atoms with van der Waals surface area (Å²) in [5.74, 6) is 0.906. The third kappa shape index (κ3) is 27.4. The molecule has 0 aliphatic carbocycles. The lowest BCUT2D eigenvalue weighted by Gasteiger charge is -2.09. The monoisotopic (exact) mass is 1850 g/mol. The number of amides is 5. The number of halogens is 5. The number of carbonyl (C=O) groups excluding carboxylic acids is 5. The predicted molar refractivity (Wildman–Crippen MR) is 508 cm³/mol. The average molecular weight is 1850 g/mol. The van der Waals surface area contributed by atoms with Crippen molar-refractivity contribution < 1.29 is 69.6 Å². The van der Waals surface area contributed by atoms with E-state index in [0.29, 0.717) is 118 Å². The first kappa shape index (κ1) is 95.1. The van der Waals surface area contributed by atoms with Crippen LogP contribution < -0.4 is 50.3 Å². The molecule has 686 valence electrons. The van der Waals surface area contributed by atoms with E-state index in [2.05, 4.69) is 51.8 Å². The molecule has 0 unspecified atom stereocenters. The van der Waals surface area contributed by atoms with Gasteiger partial charge in [0.25, 0.3) is 29.5 Å². The lowest BCUT2D eigenvalue weighted by molar-refractivity contribution is 0.0936. The number of aryl methyl sites for hydroxylation is 3. The van der Waals surface area contributed by atoms with Gasteiger partial charge < -0.3 is 50.3 Å². The molecule has 0 saturated heterocycles. The normalized spacial score (nSPS) is 10.6. The van der Waals surface area contributed by atoms with Gasteiger partial charge in [-0.15, -0.1) is 21.5 Å². The fraction of sp³-hybridized carbons (Fsp3) is 0.121. The first-order chi connectivity index (χ1) is 66.2. The molecule has 0 atom stereocenters. The summed E-state index contributed by atoms with van der Waals surface area (Å²) in [6.45, 7) is 8.65. The Balaban J connectivity index is 0.000000136. The maximum Gasteiger partial charge on any atom is 0.270 e. The third-order valence-corrected chi connectivity index (χ3v) is 22.2. The second kappa shape index (κ2) is 47.7. The Bertz CT molecular complexity index is 6860. The number of nitrogens with zero attached hydrogens (tertiary/aromatic N) is 8. The number of ether oxygens (including phenoxy) is 5. The van der Waals surface area contributed by atoms with Crippen LogP contribution in [0.15, 0.2) is 353 Å². The van der Waals surface area contributed by atoms with E-state index in [-0.39, 0.29) is 91.7 Å². The molecule has 8 aromatic heterocycles. The van der Waals surface area contributed by atoms with Crippen LogP contribution in [-0.2, 0) is 65.8 Å². The van der Waals surface area contributed by atoms with E-state index in [9.17, 15) is 45.9 Å². The van der Waals surface area contributed by atoms with Crippen LogP contribution in [0.2, 0.25) is 0 Å². The molecule has 10 aromatic carbocycles. The van der Waals surface area contributed by atoms with Crippen LogP contribution in [0.1, 0.15) is 123 Å². The highest BCUT2D eigenvalue weighted by atomic mass is 32.1. The Morgan fingerprint density at radius 3 is 1.17 bits per heavy atom. The molecule has 5 amide bonds. The quantitative estimate of drug-likeness (QED) is 0.0262. The Morgan fingerprint density at radius 2 is 0.757 bits per heavy atom. The van der Waals surface area contributed by atoms with Crippen molar-refractivity contribution in [1.82, 2.24) is 65.2 Å². The summed E-state index contributed by atoms with van der Waals surface area (Å²) in [6, 6.07) is 93.0. The standard InChI is InChI=1S/2C22H18FN3O2.C21H17FN4O2.C21H19FN2O2.C21H20FNO2S/c23-19-6-2-1-5-17(19)15-28-18-10-8-16(9-11-18)13-25-22(27)20-14-24-21-7-3-4-12-26(20)21;23-20-6-2-1-4-17(20)15-28-19-10-8-16(9-11-19)14-24-22(27)21-7-3-5-18-12-13-25-26(18)21;22-19-6-2-1-4-16(19)13-28-17-9-7-15(8-10-17)12-23-21(27)18-5-3-11-26-14-24-25-20(18)26;1-15-5-4-8-20(24-15)21(25)23-13-16-9-11-18(12-10-16)26-14-17-6-2-3-7-19(17)22;1-14-11-20(26-15(14)2)21(24)23-12-16-7-9-18(10-8-16)25-13-17-5-3-4-6-19(17)22/h1-12,14H,13,15H2,(H,25,27);1-13H,14-15H2,(H,24,27);1-11,14H,12-13H2,(H,23,27);2-12H,13-14H2,1H3,(H,23,25);3-11H,12-13H2,1-2H3,(H,23,24). The van der Waals surface area contributed by atoms with Crippen LogP contribution in [0.3, 0.4) is 0 Å². The fourth-order valence-electron chi connectivity index (χ4n) is 13.4. The number of pyridine rings is 4. The van der Waals surface area contributed by atoms with Crippen LogP contribution in [0.5, 0.6) is 28.7 Å². The van der Waals surface area contributed by atoms with Gasteiger partial charge in [0.2, 0.25) is 0 Å². The highest BCUT2D eigenvalue weighted by Gasteiger charge is 2.18. The molecule has 0 aliphatic rings. The number of benzene rings is 10. The summed E-state index contributed by atoms with van der Waals surface area (Å²) in [5.41, 5.74) is 13.1. The van der Waals surface area contributed by atoms with Crippen molar-refractivity contribution in [1.29, 1.82) is 0 Å². The first-order valence-corrected chi connectivity index (χ1v) is 43.9. The Kier molecular flexibility index (Phi) is 33.4. The topological polar surface area (TPSA) is 269 Å². The summed E-state index contributed by atoms with van der Waals surface area (Å²) in [4.78, 5) is 71.9. The van der Waals surface area contributed by atoms with Crippen molar-refractivity contribution in [2.45, 2.75) is 86.5 Å². The van der Waals surface area contributed by atoms with Crippen LogP contribution in [0.25, 0.3) is 16.8 Å². The van der Waals surface area contributed by atoms with Crippen LogP contribution in [0.4, 0.5) is 22.0 Å². The SMILES string of the molecule is Cc1cc(C(=O)NCc2ccc(OCc3ccccc3F)cc2)sc1C.Cc1cccc(C(=O)NCc2ccc(OCc3ccccc3F)cc2)n1.O=C(NCc1ccc(OCc2ccccc2F)cc1)c1cccc2ccnn12.O=C(NCc1ccc(OCc2ccccc2F)cc1)c1cccn2cnnc12.O=C(NCc1ccc(OCc2ccccc2F)cc1)c1cnc2ccccn12. The second-order valence-electron chi connectivity index (χ2n) is 30.7. The van der Waals surface area contributed by atoms with Crippen molar-refractivity contribution in [2.24, 2.45) is 0 Å². The maximum absolute atomic E-state index is 13.6.